The molecule has 1 aromatic carbocycles. The first-order valence-electron chi connectivity index (χ1n) is 11.8. The number of nitrogens with one attached hydrogen (secondary N) is 1. The number of aromatic nitrogens is 1. The Morgan fingerprint density at radius 2 is 1.79 bits per heavy atom. The molecule has 0 unspecified atom stereocenters. The molecule has 0 bridgehead atoms. The van der Waals surface area contributed by atoms with Crippen LogP contribution in [0.2, 0.25) is 0 Å². The van der Waals surface area contributed by atoms with Gasteiger partial charge in [-0.3, -0.25) is 13.9 Å². The van der Waals surface area contributed by atoms with Crippen molar-refractivity contribution < 1.29 is 15.3 Å². The maximum atomic E-state index is 13.2. The maximum absolute atomic E-state index is 13.2. The van der Waals surface area contributed by atoms with Crippen LogP contribution in [0.4, 0.5) is 11.5 Å². The smallest absolute Gasteiger partial charge is 0.259 e. The number of anilines is 2. The van der Waals surface area contributed by atoms with Crippen LogP contribution in [0.15, 0.2) is 41.4 Å². The van der Waals surface area contributed by atoms with Crippen molar-refractivity contribution in [3.8, 4) is 0 Å². The number of pyridine rings is 1. The van der Waals surface area contributed by atoms with Crippen LogP contribution >= 0.6 is 10.8 Å². The van der Waals surface area contributed by atoms with Gasteiger partial charge in [-0.1, -0.05) is 26.3 Å². The monoisotopic (exact) mass is 474 g/mol. The molecule has 0 spiro atoms. The largest absolute Gasteiger partial charge is 0.356 e. The Bertz CT molecular complexity index is 1000. The number of carbonyl (C=O) groups is 1. The first kappa shape index (κ1) is 24.0. The number of carbonyl (C=O) groups excluding carboxylic acids is 1. The van der Waals surface area contributed by atoms with Gasteiger partial charge < -0.3 is 10.2 Å². The molecule has 2 fully saturated rings. The van der Waals surface area contributed by atoms with Crippen molar-refractivity contribution >= 4 is 28.2 Å². The second-order valence-electron chi connectivity index (χ2n) is 9.97. The number of hydrogen-bond donors (Lipinski definition) is 3. The molecule has 3 N–H and O–H groups in total. The van der Waals surface area contributed by atoms with Crippen LogP contribution in [0.3, 0.4) is 0 Å². The molecule has 4 rings (SSSR count). The zero-order valence-electron chi connectivity index (χ0n) is 19.9. The van der Waals surface area contributed by atoms with E-state index in [4.69, 9.17) is 0 Å². The van der Waals surface area contributed by atoms with Crippen LogP contribution in [0.5, 0.6) is 0 Å². The Hall–Kier alpha value is -2.13. The normalized spacial score (nSPS) is 19.8. The Kier molecular flexibility index (Phi) is 7.00. The zero-order valence-corrected chi connectivity index (χ0v) is 20.7. The van der Waals surface area contributed by atoms with Gasteiger partial charge in [0.05, 0.1) is 10.5 Å². The summed E-state index contributed by atoms with van der Waals surface area (Å²) >= 11 is 0. The number of amides is 1. The molecule has 0 atom stereocenters. The third-order valence-electron chi connectivity index (χ3n) is 6.86. The molecule has 7 nitrogen and oxygen atoms in total. The van der Waals surface area contributed by atoms with Gasteiger partial charge >= 0.3 is 0 Å². The van der Waals surface area contributed by atoms with Crippen molar-refractivity contribution in [2.24, 2.45) is 5.41 Å². The highest BCUT2D eigenvalue weighted by molar-refractivity contribution is 8.22. The average molecular weight is 475 g/mol. The van der Waals surface area contributed by atoms with E-state index in [0.29, 0.717) is 40.5 Å². The van der Waals surface area contributed by atoms with Gasteiger partial charge in [-0.15, -0.1) is 10.8 Å². The number of nitrogens with zero attached hydrogens (tertiary/aromatic N) is 3. The van der Waals surface area contributed by atoms with Crippen molar-refractivity contribution in [3.63, 3.8) is 0 Å². The number of rotatable bonds is 5. The van der Waals surface area contributed by atoms with E-state index < -0.39 is 10.8 Å². The lowest BCUT2D eigenvalue weighted by molar-refractivity contribution is 0.102. The van der Waals surface area contributed by atoms with Crippen LogP contribution in [0.1, 0.15) is 63.3 Å². The summed E-state index contributed by atoms with van der Waals surface area (Å²) in [5.74, 6) is 0.461. The van der Waals surface area contributed by atoms with Gasteiger partial charge in [0.1, 0.15) is 5.82 Å². The third-order valence-corrected chi connectivity index (χ3v) is 8.98. The van der Waals surface area contributed by atoms with Crippen LogP contribution in [-0.4, -0.2) is 50.5 Å². The molecule has 2 saturated heterocycles. The molecule has 8 heteroatoms. The molecular formula is C25H38N4O3S. The van der Waals surface area contributed by atoms with E-state index in [9.17, 15) is 13.9 Å². The molecule has 0 aliphatic carbocycles. The molecule has 2 aliphatic rings. The summed E-state index contributed by atoms with van der Waals surface area (Å²) in [5, 5.41) is 2.96. The first-order chi connectivity index (χ1) is 15.7. The van der Waals surface area contributed by atoms with Gasteiger partial charge in [0.2, 0.25) is 0 Å². The van der Waals surface area contributed by atoms with Crippen LogP contribution in [-0.2, 0) is 0 Å². The van der Waals surface area contributed by atoms with E-state index in [1.807, 2.05) is 19.1 Å². The predicted molar refractivity (Wildman–Crippen MR) is 137 cm³/mol. The van der Waals surface area contributed by atoms with E-state index >= 15 is 0 Å². The highest BCUT2D eigenvalue weighted by atomic mass is 32.3. The van der Waals surface area contributed by atoms with Crippen LogP contribution in [0.25, 0.3) is 0 Å². The Morgan fingerprint density at radius 3 is 2.48 bits per heavy atom. The Morgan fingerprint density at radius 1 is 1.09 bits per heavy atom. The summed E-state index contributed by atoms with van der Waals surface area (Å²) in [6.45, 7) is 9.51. The minimum absolute atomic E-state index is 0. The van der Waals surface area contributed by atoms with E-state index in [2.05, 4.69) is 29.0 Å². The lowest BCUT2D eigenvalue weighted by Crippen LogP contribution is -2.38. The lowest BCUT2D eigenvalue weighted by Gasteiger charge is -2.45. The molecule has 0 radical (unpaired) electrons. The van der Waals surface area contributed by atoms with Crippen molar-refractivity contribution in [2.75, 3.05) is 36.4 Å². The molecule has 3 heterocycles. The van der Waals surface area contributed by atoms with Gasteiger partial charge in [0.25, 0.3) is 5.91 Å². The average Bonchev–Trinajstić information content (AvgIpc) is 2.81. The van der Waals surface area contributed by atoms with Gasteiger partial charge in [-0.2, -0.15) is 0 Å². The Balaban J connectivity index is 0.00000324. The molecule has 0 saturated carbocycles. The molecular weight excluding hydrogens is 436 g/mol. The fraction of sp³-hybridized carbons (Fsp3) is 0.520. The van der Waals surface area contributed by atoms with E-state index in [-0.39, 0.29) is 7.33 Å². The number of hydrogen-bond acceptors (Lipinski definition) is 6. The molecule has 2 aliphatic heterocycles. The number of aryl methyl sites for hydroxylation is 1. The lowest BCUT2D eigenvalue weighted by atomic mass is 9.82. The summed E-state index contributed by atoms with van der Waals surface area (Å²) in [7, 11) is -3.09. The first-order valence-corrected chi connectivity index (χ1v) is 13.3. The van der Waals surface area contributed by atoms with E-state index in [1.54, 1.807) is 28.7 Å². The highest BCUT2D eigenvalue weighted by Crippen LogP contribution is 2.54. The standard InChI is InChI=1S/C25H36N4O3S.H2/c1-19-9-10-20(18-22(19)33(31,32)29-14-5-4-6-15-29)27-24(30)21-8-7-13-26-23(21)28-16-11-25(2,3)12-17-28;/h7-10,13,18,31-32H,4-6,11-12,14-17H2,1-3H3,(H,27,30);1H. The summed E-state index contributed by atoms with van der Waals surface area (Å²) in [6, 6.07) is 8.92. The fourth-order valence-electron chi connectivity index (χ4n) is 4.58. The van der Waals surface area contributed by atoms with Crippen molar-refractivity contribution in [3.05, 3.63) is 47.7 Å². The van der Waals surface area contributed by atoms with E-state index in [1.165, 1.54) is 0 Å². The molecule has 2 aromatic rings. The Labute approximate surface area is 200 Å². The topological polar surface area (TPSA) is 88.9 Å². The van der Waals surface area contributed by atoms with Crippen molar-refractivity contribution in [1.29, 1.82) is 0 Å². The second kappa shape index (κ2) is 9.62. The predicted octanol–water partition coefficient (Wildman–Crippen LogP) is 6.03. The summed E-state index contributed by atoms with van der Waals surface area (Å²) in [4.78, 5) is 20.4. The van der Waals surface area contributed by atoms with Crippen molar-refractivity contribution in [2.45, 2.75) is 57.8 Å². The highest BCUT2D eigenvalue weighted by Gasteiger charge is 2.30. The fourth-order valence-corrected chi connectivity index (χ4v) is 6.41. The summed E-state index contributed by atoms with van der Waals surface area (Å²) < 4.78 is 23.9. The van der Waals surface area contributed by atoms with Gasteiger partial charge in [0, 0.05) is 39.5 Å². The second-order valence-corrected chi connectivity index (χ2v) is 12.0. The summed E-state index contributed by atoms with van der Waals surface area (Å²) in [6.07, 6.45) is 6.87. The van der Waals surface area contributed by atoms with E-state index in [0.717, 1.165) is 50.8 Å². The number of piperidine rings is 2. The molecule has 33 heavy (non-hydrogen) atoms. The minimum atomic E-state index is -3.09. The maximum Gasteiger partial charge on any atom is 0.259 e. The SMILES string of the molecule is Cc1ccc(NC(=O)c2cccnc2N2CCC(C)(C)CC2)cc1S(O)(O)N1CCCCC1.[HH]. The van der Waals surface area contributed by atoms with Gasteiger partial charge in [-0.25, -0.2) is 9.29 Å². The van der Waals surface area contributed by atoms with Gasteiger partial charge in [-0.05, 0) is 67.9 Å². The molecule has 182 valence electrons. The zero-order chi connectivity index (χ0) is 23.6. The van der Waals surface area contributed by atoms with Crippen LogP contribution in [0, 0.1) is 12.3 Å². The molecule has 1 amide bonds. The molecule has 1 aromatic heterocycles. The third kappa shape index (κ3) is 5.35. The number of benzene rings is 1. The van der Waals surface area contributed by atoms with Gasteiger partial charge in [0.15, 0.2) is 0 Å². The quantitative estimate of drug-likeness (QED) is 0.491. The van der Waals surface area contributed by atoms with Crippen LogP contribution < -0.4 is 10.2 Å². The summed E-state index contributed by atoms with van der Waals surface area (Å²) in [5.41, 5.74) is 2.19. The van der Waals surface area contributed by atoms with Crippen molar-refractivity contribution in [1.82, 2.24) is 9.29 Å². The minimum Gasteiger partial charge on any atom is -0.356 e.